The molecule has 1 fully saturated rings. The lowest BCUT2D eigenvalue weighted by atomic mass is 9.96. The van der Waals surface area contributed by atoms with Crippen LogP contribution in [0.1, 0.15) is 19.3 Å². The minimum absolute atomic E-state index is 0.151. The van der Waals surface area contributed by atoms with E-state index in [0.717, 1.165) is 25.5 Å². The minimum Gasteiger partial charge on any atom is -0.473 e. The van der Waals surface area contributed by atoms with Crippen molar-refractivity contribution in [2.24, 2.45) is 0 Å². The summed E-state index contributed by atoms with van der Waals surface area (Å²) in [6.45, 7) is 0. The molecule has 0 amide bonds. The van der Waals surface area contributed by atoms with Gasteiger partial charge in [-0.1, -0.05) is 0 Å². The molecule has 1 saturated carbocycles. The number of hydrogen-bond donors (Lipinski definition) is 0. The summed E-state index contributed by atoms with van der Waals surface area (Å²) in [7, 11) is -3.39. The summed E-state index contributed by atoms with van der Waals surface area (Å²) in [6.07, 6.45) is 5.75. The smallest absolute Gasteiger partial charge is 0.250 e. The van der Waals surface area contributed by atoms with Crippen LogP contribution in [0, 0.1) is 0 Å². The number of nitrogens with zero attached hydrogens (tertiary/aromatic N) is 2. The molecule has 16 heavy (non-hydrogen) atoms. The zero-order chi connectivity index (χ0) is 11.8. The van der Waals surface area contributed by atoms with E-state index in [1.54, 1.807) is 0 Å². The fourth-order valence-corrected chi connectivity index (χ4v) is 2.02. The average Bonchev–Trinajstić information content (AvgIpc) is 2.11. The normalized spacial score (nSPS) is 16.9. The Morgan fingerprint density at radius 1 is 1.50 bits per heavy atom. The highest BCUT2D eigenvalue weighted by Gasteiger charge is 2.22. The highest BCUT2D eigenvalue weighted by Crippen LogP contribution is 2.29. The quantitative estimate of drug-likeness (QED) is 0.793. The van der Waals surface area contributed by atoms with Gasteiger partial charge in [0.15, 0.2) is 0 Å². The van der Waals surface area contributed by atoms with E-state index in [2.05, 4.69) is 25.9 Å². The minimum atomic E-state index is -3.39. The molecule has 0 unspecified atom stereocenters. The molecule has 0 radical (unpaired) electrons. The summed E-state index contributed by atoms with van der Waals surface area (Å²) in [5.41, 5.74) is 0. The van der Waals surface area contributed by atoms with E-state index in [9.17, 15) is 8.42 Å². The molecule has 0 spiro atoms. The zero-order valence-electron chi connectivity index (χ0n) is 8.68. The molecular weight excluding hydrogens is 296 g/mol. The molecule has 88 valence electrons. The van der Waals surface area contributed by atoms with Crippen molar-refractivity contribution in [2.45, 2.75) is 30.5 Å². The van der Waals surface area contributed by atoms with E-state index in [-0.39, 0.29) is 11.3 Å². The van der Waals surface area contributed by atoms with Gasteiger partial charge in [-0.25, -0.2) is 13.4 Å². The van der Waals surface area contributed by atoms with E-state index in [1.165, 1.54) is 6.20 Å². The van der Waals surface area contributed by atoms with E-state index >= 15 is 0 Å². The molecule has 5 nitrogen and oxygen atoms in total. The van der Waals surface area contributed by atoms with Crippen LogP contribution in [0.5, 0.6) is 5.88 Å². The van der Waals surface area contributed by atoms with Crippen LogP contribution in [-0.4, -0.2) is 30.7 Å². The third kappa shape index (κ3) is 2.52. The van der Waals surface area contributed by atoms with Crippen molar-refractivity contribution in [2.75, 3.05) is 6.26 Å². The van der Waals surface area contributed by atoms with Gasteiger partial charge in [0.1, 0.15) is 6.10 Å². The van der Waals surface area contributed by atoms with Crippen LogP contribution < -0.4 is 4.74 Å². The Labute approximate surface area is 102 Å². The molecule has 1 aliphatic rings. The molecule has 0 N–H and O–H groups in total. The van der Waals surface area contributed by atoms with Gasteiger partial charge in [0.2, 0.25) is 20.9 Å². The molecular formula is C9H11BrN2O3S. The van der Waals surface area contributed by atoms with Gasteiger partial charge >= 0.3 is 0 Å². The van der Waals surface area contributed by atoms with E-state index in [0.29, 0.717) is 10.4 Å². The largest absolute Gasteiger partial charge is 0.473 e. The standard InChI is InChI=1S/C9H11BrN2O3S/c1-16(13,14)9-11-5-7(10)8(12-9)15-6-3-2-4-6/h5-6H,2-4H2,1H3. The van der Waals surface area contributed by atoms with Crippen LogP contribution in [-0.2, 0) is 9.84 Å². The number of sulfone groups is 1. The van der Waals surface area contributed by atoms with E-state index < -0.39 is 9.84 Å². The lowest BCUT2D eigenvalue weighted by Gasteiger charge is -2.26. The van der Waals surface area contributed by atoms with Crippen LogP contribution in [0.4, 0.5) is 0 Å². The monoisotopic (exact) mass is 306 g/mol. The maximum atomic E-state index is 11.3. The summed E-state index contributed by atoms with van der Waals surface area (Å²) < 4.78 is 28.7. The van der Waals surface area contributed by atoms with Crippen molar-refractivity contribution in [3.05, 3.63) is 10.7 Å². The van der Waals surface area contributed by atoms with Crippen molar-refractivity contribution in [3.8, 4) is 5.88 Å². The van der Waals surface area contributed by atoms with E-state index in [1.807, 2.05) is 0 Å². The summed E-state index contributed by atoms with van der Waals surface area (Å²) in [4.78, 5) is 7.63. The Morgan fingerprint density at radius 3 is 2.69 bits per heavy atom. The van der Waals surface area contributed by atoms with Crippen LogP contribution in [0.3, 0.4) is 0 Å². The van der Waals surface area contributed by atoms with Crippen molar-refractivity contribution in [1.82, 2.24) is 9.97 Å². The fraction of sp³-hybridized carbons (Fsp3) is 0.556. The maximum absolute atomic E-state index is 11.3. The van der Waals surface area contributed by atoms with Gasteiger partial charge in [-0.2, -0.15) is 4.98 Å². The Bertz CT molecular complexity index is 499. The van der Waals surface area contributed by atoms with Gasteiger partial charge in [0, 0.05) is 12.5 Å². The highest BCUT2D eigenvalue weighted by atomic mass is 79.9. The Morgan fingerprint density at radius 2 is 2.19 bits per heavy atom. The second kappa shape index (κ2) is 4.29. The second-order valence-corrected chi connectivity index (χ2v) is 6.51. The average molecular weight is 307 g/mol. The Hall–Kier alpha value is -0.690. The molecule has 0 atom stereocenters. The van der Waals surface area contributed by atoms with Gasteiger partial charge in [0.25, 0.3) is 0 Å². The number of halogens is 1. The van der Waals surface area contributed by atoms with Crippen LogP contribution in [0.25, 0.3) is 0 Å². The first-order chi connectivity index (χ1) is 7.47. The third-order valence-electron chi connectivity index (χ3n) is 2.35. The molecule has 1 aromatic rings. The van der Waals surface area contributed by atoms with E-state index in [4.69, 9.17) is 4.74 Å². The maximum Gasteiger partial charge on any atom is 0.250 e. The number of aromatic nitrogens is 2. The Kier molecular flexibility index (Phi) is 3.16. The summed E-state index contributed by atoms with van der Waals surface area (Å²) in [6, 6.07) is 0. The number of rotatable bonds is 3. The molecule has 0 bridgehead atoms. The predicted molar refractivity (Wildman–Crippen MR) is 61.1 cm³/mol. The van der Waals surface area contributed by atoms with Crippen LogP contribution >= 0.6 is 15.9 Å². The highest BCUT2D eigenvalue weighted by molar-refractivity contribution is 9.10. The predicted octanol–water partition coefficient (Wildman–Crippen LogP) is 1.57. The first kappa shape index (κ1) is 11.8. The number of ether oxygens (including phenoxy) is 1. The first-order valence-electron chi connectivity index (χ1n) is 4.86. The topological polar surface area (TPSA) is 69.2 Å². The van der Waals surface area contributed by atoms with Gasteiger partial charge in [-0.05, 0) is 35.2 Å². The first-order valence-corrected chi connectivity index (χ1v) is 7.54. The fourth-order valence-electron chi connectivity index (χ4n) is 1.24. The van der Waals surface area contributed by atoms with Gasteiger partial charge < -0.3 is 4.74 Å². The summed E-state index contributed by atoms with van der Waals surface area (Å²) in [5.74, 6) is 0.306. The van der Waals surface area contributed by atoms with Gasteiger partial charge in [-0.3, -0.25) is 0 Å². The molecule has 0 saturated heterocycles. The third-order valence-corrected chi connectivity index (χ3v) is 3.76. The van der Waals surface area contributed by atoms with Crippen molar-refractivity contribution < 1.29 is 13.2 Å². The summed E-state index contributed by atoms with van der Waals surface area (Å²) in [5, 5.41) is -0.204. The van der Waals surface area contributed by atoms with Crippen molar-refractivity contribution in [1.29, 1.82) is 0 Å². The molecule has 1 heterocycles. The second-order valence-electron chi connectivity index (χ2n) is 3.75. The number of hydrogen-bond acceptors (Lipinski definition) is 5. The van der Waals surface area contributed by atoms with Crippen molar-refractivity contribution >= 4 is 25.8 Å². The lowest BCUT2D eigenvalue weighted by molar-refractivity contribution is 0.112. The SMILES string of the molecule is CS(=O)(=O)c1ncc(Br)c(OC2CCC2)n1. The molecule has 0 aromatic carbocycles. The summed E-state index contributed by atoms with van der Waals surface area (Å²) >= 11 is 3.23. The molecule has 1 aromatic heterocycles. The molecule has 7 heteroatoms. The van der Waals surface area contributed by atoms with Gasteiger partial charge in [-0.15, -0.1) is 0 Å². The zero-order valence-corrected chi connectivity index (χ0v) is 11.1. The molecule has 1 aliphatic carbocycles. The van der Waals surface area contributed by atoms with Crippen LogP contribution in [0.2, 0.25) is 0 Å². The van der Waals surface area contributed by atoms with Crippen molar-refractivity contribution in [3.63, 3.8) is 0 Å². The molecule has 0 aliphatic heterocycles. The van der Waals surface area contributed by atoms with Gasteiger partial charge in [0.05, 0.1) is 4.47 Å². The van der Waals surface area contributed by atoms with Crippen LogP contribution in [0.15, 0.2) is 15.8 Å². The Balaban J connectivity index is 2.28. The lowest BCUT2D eigenvalue weighted by Crippen LogP contribution is -2.25. The molecule has 2 rings (SSSR count).